The van der Waals surface area contributed by atoms with Crippen molar-refractivity contribution in [3.63, 3.8) is 0 Å². The molecule has 0 aliphatic rings. The lowest BCUT2D eigenvalue weighted by molar-refractivity contribution is -0.143. The second kappa shape index (κ2) is 8.52. The van der Waals surface area contributed by atoms with Crippen LogP contribution in [0, 0.1) is 0 Å². The molecule has 0 aliphatic carbocycles. The summed E-state index contributed by atoms with van der Waals surface area (Å²) in [5.74, 6) is -0.454. The average Bonchev–Trinajstić information content (AvgIpc) is 2.32. The summed E-state index contributed by atoms with van der Waals surface area (Å²) in [6.07, 6.45) is -1.48. The Bertz CT molecular complexity index is 299. The van der Waals surface area contributed by atoms with Gasteiger partial charge >= 0.3 is 12.1 Å². The summed E-state index contributed by atoms with van der Waals surface area (Å²) in [4.78, 5) is 21.9. The second-order valence-corrected chi connectivity index (χ2v) is 3.91. The molecule has 18 heavy (non-hydrogen) atoms. The summed E-state index contributed by atoms with van der Waals surface area (Å²) >= 11 is 0. The first-order valence-corrected chi connectivity index (χ1v) is 5.55. The third-order valence-electron chi connectivity index (χ3n) is 1.88. The lowest BCUT2D eigenvalue weighted by Crippen LogP contribution is -2.26. The normalized spacial score (nSPS) is 13.3. The Labute approximate surface area is 107 Å². The van der Waals surface area contributed by atoms with Gasteiger partial charge in [-0.05, 0) is 20.8 Å². The van der Waals surface area contributed by atoms with Gasteiger partial charge in [-0.3, -0.25) is 0 Å². The van der Waals surface area contributed by atoms with Gasteiger partial charge in [0.25, 0.3) is 0 Å². The molecule has 0 aliphatic heterocycles. The Kier molecular flexibility index (Phi) is 7.78. The van der Waals surface area contributed by atoms with E-state index in [0.717, 1.165) is 0 Å². The van der Waals surface area contributed by atoms with Gasteiger partial charge in [-0.25, -0.2) is 9.59 Å². The summed E-state index contributed by atoms with van der Waals surface area (Å²) in [6.45, 7) is 8.77. The van der Waals surface area contributed by atoms with Gasteiger partial charge in [0.1, 0.15) is 12.7 Å². The monoisotopic (exact) mass is 260 g/mol. The van der Waals surface area contributed by atoms with E-state index >= 15 is 0 Å². The maximum absolute atomic E-state index is 11.1. The molecular weight excluding hydrogens is 240 g/mol. The molecule has 0 radical (unpaired) electrons. The zero-order valence-corrected chi connectivity index (χ0v) is 11.2. The third kappa shape index (κ3) is 7.67. The fourth-order valence-electron chi connectivity index (χ4n) is 0.911. The van der Waals surface area contributed by atoms with Gasteiger partial charge in [0.15, 0.2) is 0 Å². The van der Waals surface area contributed by atoms with Gasteiger partial charge in [-0.15, -0.1) is 0 Å². The molecule has 6 heteroatoms. The largest absolute Gasteiger partial charge is 0.508 e. The van der Waals surface area contributed by atoms with Crippen LogP contribution >= 0.6 is 0 Å². The van der Waals surface area contributed by atoms with Crippen LogP contribution in [0.2, 0.25) is 0 Å². The lowest BCUT2D eigenvalue weighted by Gasteiger charge is -2.17. The highest BCUT2D eigenvalue weighted by Gasteiger charge is 2.13. The smallest absolute Gasteiger partial charge is 0.460 e. The fourth-order valence-corrected chi connectivity index (χ4v) is 0.911. The van der Waals surface area contributed by atoms with Crippen LogP contribution in [0.15, 0.2) is 12.2 Å². The van der Waals surface area contributed by atoms with Gasteiger partial charge < -0.3 is 18.9 Å². The highest BCUT2D eigenvalue weighted by atomic mass is 16.7. The van der Waals surface area contributed by atoms with Crippen molar-refractivity contribution >= 4 is 12.1 Å². The van der Waals surface area contributed by atoms with E-state index < -0.39 is 18.2 Å². The van der Waals surface area contributed by atoms with Crippen LogP contribution in [0.1, 0.15) is 20.8 Å². The molecule has 0 rings (SSSR count). The summed E-state index contributed by atoms with van der Waals surface area (Å²) in [6, 6.07) is 0. The van der Waals surface area contributed by atoms with Crippen molar-refractivity contribution in [2.45, 2.75) is 33.0 Å². The minimum atomic E-state index is -0.757. The molecule has 0 N–H and O–H groups in total. The first kappa shape index (κ1) is 16.4. The second-order valence-electron chi connectivity index (χ2n) is 3.91. The standard InChI is InChI=1S/C12H20O6/c1-8(2)11(13)17-6-9(3)16-7-10(4)18-12(14)15-5/h9-10H,1,6-7H2,2-5H3. The summed E-state index contributed by atoms with van der Waals surface area (Å²) in [5, 5.41) is 0. The Morgan fingerprint density at radius 2 is 1.78 bits per heavy atom. The Morgan fingerprint density at radius 1 is 1.17 bits per heavy atom. The number of rotatable bonds is 7. The molecule has 0 heterocycles. The molecule has 0 amide bonds. The zero-order valence-electron chi connectivity index (χ0n) is 11.2. The number of methoxy groups -OCH3 is 1. The number of esters is 1. The van der Waals surface area contributed by atoms with Gasteiger partial charge in [0.05, 0.1) is 19.8 Å². The fraction of sp³-hybridized carbons (Fsp3) is 0.667. The molecular formula is C12H20O6. The summed E-state index contributed by atoms with van der Waals surface area (Å²) < 4.78 is 19.4. The third-order valence-corrected chi connectivity index (χ3v) is 1.88. The molecule has 0 spiro atoms. The van der Waals surface area contributed by atoms with Crippen LogP contribution in [-0.4, -0.2) is 44.7 Å². The minimum absolute atomic E-state index is 0.122. The zero-order chi connectivity index (χ0) is 14.1. The van der Waals surface area contributed by atoms with Gasteiger partial charge in [0, 0.05) is 5.57 Å². The van der Waals surface area contributed by atoms with Gasteiger partial charge in [-0.2, -0.15) is 0 Å². The number of hydrogen-bond donors (Lipinski definition) is 0. The van der Waals surface area contributed by atoms with Crippen LogP contribution in [0.4, 0.5) is 4.79 Å². The molecule has 2 atom stereocenters. The van der Waals surface area contributed by atoms with Crippen LogP contribution in [0.3, 0.4) is 0 Å². The highest BCUT2D eigenvalue weighted by molar-refractivity contribution is 5.86. The topological polar surface area (TPSA) is 71.1 Å². The summed E-state index contributed by atoms with van der Waals surface area (Å²) in [5.41, 5.74) is 0.338. The first-order valence-electron chi connectivity index (χ1n) is 5.55. The minimum Gasteiger partial charge on any atom is -0.460 e. The van der Waals surface area contributed by atoms with Gasteiger partial charge in [0.2, 0.25) is 0 Å². The molecule has 0 aromatic heterocycles. The molecule has 0 aromatic carbocycles. The summed E-state index contributed by atoms with van der Waals surface area (Å²) in [7, 11) is 1.23. The predicted molar refractivity (Wildman–Crippen MR) is 64.1 cm³/mol. The van der Waals surface area contributed by atoms with E-state index in [-0.39, 0.29) is 19.3 Å². The molecule has 0 fully saturated rings. The van der Waals surface area contributed by atoms with E-state index in [1.807, 2.05) is 0 Å². The van der Waals surface area contributed by atoms with Crippen LogP contribution in [0.25, 0.3) is 0 Å². The van der Waals surface area contributed by atoms with Crippen molar-refractivity contribution in [1.29, 1.82) is 0 Å². The molecule has 104 valence electrons. The number of carbonyl (C=O) groups is 2. The van der Waals surface area contributed by atoms with Crippen molar-refractivity contribution in [1.82, 2.24) is 0 Å². The van der Waals surface area contributed by atoms with Crippen molar-refractivity contribution in [3.05, 3.63) is 12.2 Å². The van der Waals surface area contributed by atoms with Crippen molar-refractivity contribution in [3.8, 4) is 0 Å². The number of ether oxygens (including phenoxy) is 4. The predicted octanol–water partition coefficient (Wildman–Crippen LogP) is 1.68. The van der Waals surface area contributed by atoms with Crippen LogP contribution in [-0.2, 0) is 23.7 Å². The van der Waals surface area contributed by atoms with Crippen LogP contribution < -0.4 is 0 Å². The quantitative estimate of drug-likeness (QED) is 0.512. The van der Waals surface area contributed by atoms with Crippen LogP contribution in [0.5, 0.6) is 0 Å². The van der Waals surface area contributed by atoms with E-state index in [1.54, 1.807) is 20.8 Å². The molecule has 0 saturated heterocycles. The average molecular weight is 260 g/mol. The first-order chi connectivity index (χ1) is 8.36. The number of carbonyl (C=O) groups excluding carboxylic acids is 2. The Balaban J connectivity index is 3.76. The van der Waals surface area contributed by atoms with Crippen molar-refractivity contribution in [2.24, 2.45) is 0 Å². The SMILES string of the molecule is C=C(C)C(=O)OCC(C)OCC(C)OC(=O)OC. The van der Waals surface area contributed by atoms with E-state index in [1.165, 1.54) is 7.11 Å². The molecule has 0 bridgehead atoms. The highest BCUT2D eigenvalue weighted by Crippen LogP contribution is 2.00. The molecule has 0 aromatic rings. The maximum atomic E-state index is 11.1. The molecule has 0 saturated carbocycles. The van der Waals surface area contributed by atoms with Crippen molar-refractivity contribution < 1.29 is 28.5 Å². The Hall–Kier alpha value is -1.56. The van der Waals surface area contributed by atoms with E-state index in [4.69, 9.17) is 14.2 Å². The lowest BCUT2D eigenvalue weighted by atomic mass is 10.3. The molecule has 2 unspecified atom stereocenters. The van der Waals surface area contributed by atoms with Crippen molar-refractivity contribution in [2.75, 3.05) is 20.3 Å². The molecule has 6 nitrogen and oxygen atoms in total. The van der Waals surface area contributed by atoms with E-state index in [2.05, 4.69) is 11.3 Å². The Morgan fingerprint density at radius 3 is 2.28 bits per heavy atom. The van der Waals surface area contributed by atoms with E-state index in [0.29, 0.717) is 5.57 Å². The van der Waals surface area contributed by atoms with Gasteiger partial charge in [-0.1, -0.05) is 6.58 Å². The van der Waals surface area contributed by atoms with E-state index in [9.17, 15) is 9.59 Å². The number of hydrogen-bond acceptors (Lipinski definition) is 6. The maximum Gasteiger partial charge on any atom is 0.508 e.